The van der Waals surface area contributed by atoms with Crippen LogP contribution in [0.1, 0.15) is 12.0 Å². The molecule has 4 heteroatoms. The summed E-state index contributed by atoms with van der Waals surface area (Å²) in [5, 5.41) is 3.29. The summed E-state index contributed by atoms with van der Waals surface area (Å²) >= 11 is 0. The first-order chi connectivity index (χ1) is 8.24. The molecular formula is C13H22N2O2. The fourth-order valence-electron chi connectivity index (χ4n) is 1.48. The van der Waals surface area contributed by atoms with E-state index in [2.05, 4.69) is 5.32 Å². The van der Waals surface area contributed by atoms with Crippen molar-refractivity contribution in [2.45, 2.75) is 13.3 Å². The second kappa shape index (κ2) is 7.92. The monoisotopic (exact) mass is 238 g/mol. The summed E-state index contributed by atoms with van der Waals surface area (Å²) < 4.78 is 10.3. The van der Waals surface area contributed by atoms with Crippen molar-refractivity contribution in [1.82, 2.24) is 0 Å². The SMILES string of the molecule is COCCOCCCNc1ccc(C)cc1N. The Morgan fingerprint density at radius 3 is 2.76 bits per heavy atom. The van der Waals surface area contributed by atoms with Crippen LogP contribution in [0.25, 0.3) is 0 Å². The molecule has 0 aromatic heterocycles. The number of benzene rings is 1. The van der Waals surface area contributed by atoms with E-state index in [-0.39, 0.29) is 0 Å². The molecule has 4 nitrogen and oxygen atoms in total. The number of hydrogen-bond donors (Lipinski definition) is 2. The van der Waals surface area contributed by atoms with Gasteiger partial charge in [0.1, 0.15) is 0 Å². The largest absolute Gasteiger partial charge is 0.397 e. The lowest BCUT2D eigenvalue weighted by Gasteiger charge is -2.10. The second-order valence-corrected chi connectivity index (χ2v) is 3.98. The first kappa shape index (κ1) is 13.8. The fraction of sp³-hybridized carbons (Fsp3) is 0.538. The van der Waals surface area contributed by atoms with Gasteiger partial charge in [-0.3, -0.25) is 0 Å². The van der Waals surface area contributed by atoms with Gasteiger partial charge in [-0.05, 0) is 31.0 Å². The molecule has 0 bridgehead atoms. The molecule has 0 aliphatic rings. The third-order valence-electron chi connectivity index (χ3n) is 2.42. The Morgan fingerprint density at radius 2 is 2.06 bits per heavy atom. The molecule has 3 N–H and O–H groups in total. The van der Waals surface area contributed by atoms with Crippen LogP contribution in [0.3, 0.4) is 0 Å². The van der Waals surface area contributed by atoms with E-state index in [1.54, 1.807) is 7.11 Å². The van der Waals surface area contributed by atoms with Crippen molar-refractivity contribution in [1.29, 1.82) is 0 Å². The molecule has 0 heterocycles. The van der Waals surface area contributed by atoms with E-state index >= 15 is 0 Å². The van der Waals surface area contributed by atoms with Crippen molar-refractivity contribution < 1.29 is 9.47 Å². The van der Waals surface area contributed by atoms with E-state index in [0.29, 0.717) is 13.2 Å². The van der Waals surface area contributed by atoms with Crippen LogP contribution in [0, 0.1) is 6.92 Å². The zero-order valence-corrected chi connectivity index (χ0v) is 10.7. The number of anilines is 2. The highest BCUT2D eigenvalue weighted by molar-refractivity contribution is 5.66. The third kappa shape index (κ3) is 5.56. The van der Waals surface area contributed by atoms with Gasteiger partial charge < -0.3 is 20.5 Å². The van der Waals surface area contributed by atoms with Crippen molar-refractivity contribution in [3.05, 3.63) is 23.8 Å². The Hall–Kier alpha value is -1.26. The Labute approximate surface area is 103 Å². The van der Waals surface area contributed by atoms with Crippen LogP contribution < -0.4 is 11.1 Å². The number of methoxy groups -OCH3 is 1. The zero-order chi connectivity index (χ0) is 12.5. The highest BCUT2D eigenvalue weighted by Crippen LogP contribution is 2.18. The molecule has 96 valence electrons. The predicted molar refractivity (Wildman–Crippen MR) is 71.4 cm³/mol. The zero-order valence-electron chi connectivity index (χ0n) is 10.7. The first-order valence-corrected chi connectivity index (χ1v) is 5.90. The van der Waals surface area contributed by atoms with Crippen molar-refractivity contribution in [2.75, 3.05) is 44.5 Å². The molecule has 0 atom stereocenters. The number of nitrogens with one attached hydrogen (secondary N) is 1. The Morgan fingerprint density at radius 1 is 1.24 bits per heavy atom. The van der Waals surface area contributed by atoms with Crippen molar-refractivity contribution in [3.8, 4) is 0 Å². The number of nitrogens with two attached hydrogens (primary N) is 1. The van der Waals surface area contributed by atoms with Crippen LogP contribution in [-0.4, -0.2) is 33.5 Å². The van der Waals surface area contributed by atoms with Gasteiger partial charge in [0.25, 0.3) is 0 Å². The van der Waals surface area contributed by atoms with E-state index in [1.165, 1.54) is 5.56 Å². The first-order valence-electron chi connectivity index (χ1n) is 5.90. The van der Waals surface area contributed by atoms with Crippen molar-refractivity contribution in [2.24, 2.45) is 0 Å². The lowest BCUT2D eigenvalue weighted by molar-refractivity contribution is 0.0705. The highest BCUT2D eigenvalue weighted by Gasteiger charge is 1.97. The summed E-state index contributed by atoms with van der Waals surface area (Å²) in [5.74, 6) is 0. The minimum Gasteiger partial charge on any atom is -0.397 e. The van der Waals surface area contributed by atoms with E-state index in [9.17, 15) is 0 Å². The summed E-state index contributed by atoms with van der Waals surface area (Å²) in [6.45, 7) is 4.94. The van der Waals surface area contributed by atoms with E-state index < -0.39 is 0 Å². The van der Waals surface area contributed by atoms with Gasteiger partial charge >= 0.3 is 0 Å². The van der Waals surface area contributed by atoms with E-state index in [4.69, 9.17) is 15.2 Å². The molecule has 0 radical (unpaired) electrons. The number of nitrogen functional groups attached to an aromatic ring is 1. The number of rotatable bonds is 8. The molecule has 17 heavy (non-hydrogen) atoms. The van der Waals surface area contributed by atoms with Crippen LogP contribution in [0.4, 0.5) is 11.4 Å². The van der Waals surface area contributed by atoms with Crippen molar-refractivity contribution in [3.63, 3.8) is 0 Å². The van der Waals surface area contributed by atoms with Gasteiger partial charge in [0.05, 0.1) is 24.6 Å². The maximum Gasteiger partial charge on any atom is 0.0700 e. The van der Waals surface area contributed by atoms with E-state index in [0.717, 1.165) is 30.9 Å². The van der Waals surface area contributed by atoms with Crippen LogP contribution >= 0.6 is 0 Å². The minimum atomic E-state index is 0.651. The Kier molecular flexibility index (Phi) is 6.43. The lowest BCUT2D eigenvalue weighted by atomic mass is 10.2. The van der Waals surface area contributed by atoms with Gasteiger partial charge in [-0.15, -0.1) is 0 Å². The molecule has 0 fully saturated rings. The van der Waals surface area contributed by atoms with Crippen LogP contribution in [0.5, 0.6) is 0 Å². The number of aryl methyl sites for hydroxylation is 1. The van der Waals surface area contributed by atoms with Gasteiger partial charge in [-0.2, -0.15) is 0 Å². The summed E-state index contributed by atoms with van der Waals surface area (Å²) in [6, 6.07) is 6.03. The smallest absolute Gasteiger partial charge is 0.0700 e. The minimum absolute atomic E-state index is 0.651. The van der Waals surface area contributed by atoms with E-state index in [1.807, 2.05) is 25.1 Å². The topological polar surface area (TPSA) is 56.5 Å². The highest BCUT2D eigenvalue weighted by atomic mass is 16.5. The second-order valence-electron chi connectivity index (χ2n) is 3.98. The van der Waals surface area contributed by atoms with Gasteiger partial charge in [-0.1, -0.05) is 6.07 Å². The summed E-state index contributed by atoms with van der Waals surface area (Å²) in [5.41, 5.74) is 8.86. The van der Waals surface area contributed by atoms with Crippen LogP contribution in [-0.2, 0) is 9.47 Å². The van der Waals surface area contributed by atoms with Gasteiger partial charge in [0, 0.05) is 20.3 Å². The molecule has 0 spiro atoms. The molecular weight excluding hydrogens is 216 g/mol. The quantitative estimate of drug-likeness (QED) is 0.537. The molecule has 1 aromatic rings. The normalized spacial score (nSPS) is 10.5. The molecule has 0 aliphatic heterocycles. The van der Waals surface area contributed by atoms with Crippen LogP contribution in [0.15, 0.2) is 18.2 Å². The van der Waals surface area contributed by atoms with Gasteiger partial charge in [0.15, 0.2) is 0 Å². The standard InChI is InChI=1S/C13H22N2O2/c1-11-4-5-13(12(14)10-11)15-6-3-7-17-9-8-16-2/h4-5,10,15H,3,6-9,14H2,1-2H3. The van der Waals surface area contributed by atoms with Gasteiger partial charge in [0.2, 0.25) is 0 Å². The molecule has 1 rings (SSSR count). The Bertz CT molecular complexity index is 329. The fourth-order valence-corrected chi connectivity index (χ4v) is 1.48. The average molecular weight is 238 g/mol. The molecule has 0 unspecified atom stereocenters. The third-order valence-corrected chi connectivity index (χ3v) is 2.42. The Balaban J connectivity index is 2.14. The molecule has 0 saturated carbocycles. The molecule has 0 aliphatic carbocycles. The van der Waals surface area contributed by atoms with Crippen LogP contribution in [0.2, 0.25) is 0 Å². The summed E-state index contributed by atoms with van der Waals surface area (Å²) in [7, 11) is 1.67. The molecule has 0 amide bonds. The maximum atomic E-state index is 5.89. The number of ether oxygens (including phenoxy) is 2. The summed E-state index contributed by atoms with van der Waals surface area (Å²) in [4.78, 5) is 0. The average Bonchev–Trinajstić information content (AvgIpc) is 2.30. The maximum absolute atomic E-state index is 5.89. The van der Waals surface area contributed by atoms with Crippen molar-refractivity contribution >= 4 is 11.4 Å². The summed E-state index contributed by atoms with van der Waals surface area (Å²) in [6.07, 6.45) is 0.955. The molecule has 1 aromatic carbocycles. The predicted octanol–water partition coefficient (Wildman–Crippen LogP) is 2.04. The number of hydrogen-bond acceptors (Lipinski definition) is 4. The molecule has 0 saturated heterocycles. The lowest BCUT2D eigenvalue weighted by Crippen LogP contribution is -2.09. The van der Waals surface area contributed by atoms with Gasteiger partial charge in [-0.25, -0.2) is 0 Å².